The Hall–Kier alpha value is -0.660. The van der Waals surface area contributed by atoms with Gasteiger partial charge in [-0.15, -0.1) is 0 Å². The molecule has 6 nitrogen and oxygen atoms in total. The molecule has 0 bridgehead atoms. The van der Waals surface area contributed by atoms with Crippen LogP contribution in [0.5, 0.6) is 0 Å². The molecule has 0 aromatic rings. The smallest absolute Gasteiger partial charge is 0.235 e. The molecule has 7 heteroatoms. The Kier molecular flexibility index (Phi) is 8.11. The number of carbonyl (C=O) groups is 1. The molecular weight excluding hydrogens is 244 g/mol. The molecule has 0 saturated heterocycles. The fourth-order valence-electron chi connectivity index (χ4n) is 1.50. The second-order valence-corrected chi connectivity index (χ2v) is 5.88. The standard InChI is InChI=1S/C10H22N2O4S/c1-3-11-9(5-6-13)7-17(15,16)8-10(14)12-4-2/h9,11,13H,3-8H2,1-2H3,(H,12,14). The molecule has 0 heterocycles. The highest BCUT2D eigenvalue weighted by molar-refractivity contribution is 7.92. The molecule has 0 saturated carbocycles. The molecule has 102 valence electrons. The van der Waals surface area contributed by atoms with E-state index < -0.39 is 21.5 Å². The van der Waals surface area contributed by atoms with Gasteiger partial charge < -0.3 is 15.7 Å². The summed E-state index contributed by atoms with van der Waals surface area (Å²) in [5, 5.41) is 14.2. The van der Waals surface area contributed by atoms with Crippen LogP contribution in [0.25, 0.3) is 0 Å². The van der Waals surface area contributed by atoms with Crippen LogP contribution in [-0.4, -0.2) is 56.7 Å². The Morgan fingerprint density at radius 2 is 1.94 bits per heavy atom. The molecule has 1 unspecified atom stereocenters. The summed E-state index contributed by atoms with van der Waals surface area (Å²) < 4.78 is 23.4. The van der Waals surface area contributed by atoms with Crippen LogP contribution < -0.4 is 10.6 Å². The average molecular weight is 266 g/mol. The van der Waals surface area contributed by atoms with Gasteiger partial charge in [0.15, 0.2) is 9.84 Å². The van der Waals surface area contributed by atoms with Gasteiger partial charge in [-0.3, -0.25) is 4.79 Å². The normalized spacial score (nSPS) is 13.4. The Morgan fingerprint density at radius 1 is 1.29 bits per heavy atom. The zero-order chi connectivity index (χ0) is 13.3. The minimum atomic E-state index is -3.43. The van der Waals surface area contributed by atoms with Crippen molar-refractivity contribution in [2.24, 2.45) is 0 Å². The first-order valence-corrected chi connectivity index (χ1v) is 7.58. The number of rotatable bonds is 9. The predicted octanol–water partition coefficient (Wildman–Crippen LogP) is -1.10. The van der Waals surface area contributed by atoms with Crippen LogP contribution in [-0.2, 0) is 14.6 Å². The maximum absolute atomic E-state index is 11.7. The number of aliphatic hydroxyl groups excluding tert-OH is 1. The zero-order valence-corrected chi connectivity index (χ0v) is 11.2. The van der Waals surface area contributed by atoms with Gasteiger partial charge in [0.2, 0.25) is 5.91 Å². The van der Waals surface area contributed by atoms with Crippen molar-refractivity contribution in [2.75, 3.05) is 31.2 Å². The molecule has 1 amide bonds. The first-order chi connectivity index (χ1) is 7.95. The molecule has 0 aliphatic heterocycles. The molecule has 0 aromatic heterocycles. The molecule has 0 aliphatic carbocycles. The first kappa shape index (κ1) is 16.3. The number of sulfone groups is 1. The van der Waals surface area contributed by atoms with Crippen LogP contribution in [0.3, 0.4) is 0 Å². The highest BCUT2D eigenvalue weighted by Gasteiger charge is 2.21. The van der Waals surface area contributed by atoms with E-state index in [9.17, 15) is 13.2 Å². The van der Waals surface area contributed by atoms with Crippen LogP contribution in [0.2, 0.25) is 0 Å². The van der Waals surface area contributed by atoms with Gasteiger partial charge in [0.1, 0.15) is 5.75 Å². The maximum Gasteiger partial charge on any atom is 0.235 e. The van der Waals surface area contributed by atoms with Gasteiger partial charge in [0.05, 0.1) is 5.75 Å². The molecule has 0 aromatic carbocycles. The maximum atomic E-state index is 11.7. The second kappa shape index (κ2) is 8.43. The van der Waals surface area contributed by atoms with E-state index in [-0.39, 0.29) is 18.4 Å². The van der Waals surface area contributed by atoms with Crippen LogP contribution in [0.4, 0.5) is 0 Å². The number of carbonyl (C=O) groups excluding carboxylic acids is 1. The minimum absolute atomic E-state index is 0.0751. The van der Waals surface area contributed by atoms with Crippen LogP contribution in [0.15, 0.2) is 0 Å². The van der Waals surface area contributed by atoms with Crippen molar-refractivity contribution in [1.29, 1.82) is 0 Å². The van der Waals surface area contributed by atoms with E-state index in [1.54, 1.807) is 6.92 Å². The quantitative estimate of drug-likeness (QED) is 0.492. The minimum Gasteiger partial charge on any atom is -0.396 e. The molecular formula is C10H22N2O4S. The fourth-order valence-corrected chi connectivity index (χ4v) is 3.02. The Bertz CT molecular complexity index is 310. The second-order valence-electron chi connectivity index (χ2n) is 3.77. The summed E-state index contributed by atoms with van der Waals surface area (Å²) in [5.74, 6) is -1.10. The van der Waals surface area contributed by atoms with Crippen molar-refractivity contribution in [2.45, 2.75) is 26.3 Å². The summed E-state index contributed by atoms with van der Waals surface area (Å²) in [6.45, 7) is 4.57. The largest absolute Gasteiger partial charge is 0.396 e. The summed E-state index contributed by atoms with van der Waals surface area (Å²) in [6, 6.07) is -0.301. The summed E-state index contributed by atoms with van der Waals surface area (Å²) >= 11 is 0. The number of nitrogens with one attached hydrogen (secondary N) is 2. The van der Waals surface area contributed by atoms with Gasteiger partial charge in [-0.2, -0.15) is 0 Å². The SMILES string of the molecule is CCNC(=O)CS(=O)(=O)CC(CCO)NCC. The van der Waals surface area contributed by atoms with Crippen LogP contribution in [0, 0.1) is 0 Å². The van der Waals surface area contributed by atoms with Crippen molar-refractivity contribution >= 4 is 15.7 Å². The van der Waals surface area contributed by atoms with E-state index in [1.807, 2.05) is 6.92 Å². The molecule has 0 aliphatic rings. The molecule has 0 radical (unpaired) electrons. The first-order valence-electron chi connectivity index (χ1n) is 5.76. The number of hydrogen-bond acceptors (Lipinski definition) is 5. The van der Waals surface area contributed by atoms with Gasteiger partial charge in [-0.05, 0) is 19.9 Å². The monoisotopic (exact) mass is 266 g/mol. The third kappa shape index (κ3) is 8.12. The van der Waals surface area contributed by atoms with Gasteiger partial charge >= 0.3 is 0 Å². The lowest BCUT2D eigenvalue weighted by atomic mass is 10.2. The summed E-state index contributed by atoms with van der Waals surface area (Å²) in [6.07, 6.45) is 0.364. The van der Waals surface area contributed by atoms with Crippen molar-refractivity contribution in [3.05, 3.63) is 0 Å². The third-order valence-electron chi connectivity index (χ3n) is 2.15. The van der Waals surface area contributed by atoms with Gasteiger partial charge in [0.25, 0.3) is 0 Å². The summed E-state index contributed by atoms with van der Waals surface area (Å²) in [5.41, 5.74) is 0. The van der Waals surface area contributed by atoms with Gasteiger partial charge in [0, 0.05) is 19.2 Å². The third-order valence-corrected chi connectivity index (χ3v) is 3.76. The van der Waals surface area contributed by atoms with Crippen molar-refractivity contribution < 1.29 is 18.3 Å². The highest BCUT2D eigenvalue weighted by Crippen LogP contribution is 1.99. The molecule has 0 rings (SSSR count). The molecule has 0 spiro atoms. The number of hydrogen-bond donors (Lipinski definition) is 3. The zero-order valence-electron chi connectivity index (χ0n) is 10.4. The summed E-state index contributed by atoms with van der Waals surface area (Å²) in [4.78, 5) is 11.2. The Morgan fingerprint density at radius 3 is 2.41 bits per heavy atom. The molecule has 3 N–H and O–H groups in total. The number of aliphatic hydroxyl groups is 1. The average Bonchev–Trinajstić information content (AvgIpc) is 2.16. The molecule has 17 heavy (non-hydrogen) atoms. The van der Waals surface area contributed by atoms with E-state index in [0.717, 1.165) is 0 Å². The fraction of sp³-hybridized carbons (Fsp3) is 0.900. The number of amides is 1. The van der Waals surface area contributed by atoms with Crippen LogP contribution >= 0.6 is 0 Å². The molecule has 0 fully saturated rings. The lowest BCUT2D eigenvalue weighted by Gasteiger charge is -2.16. The van der Waals surface area contributed by atoms with Gasteiger partial charge in [-0.25, -0.2) is 8.42 Å². The predicted molar refractivity (Wildman–Crippen MR) is 66.5 cm³/mol. The lowest BCUT2D eigenvalue weighted by molar-refractivity contribution is -0.118. The van der Waals surface area contributed by atoms with Crippen molar-refractivity contribution in [3.8, 4) is 0 Å². The van der Waals surface area contributed by atoms with Crippen molar-refractivity contribution in [3.63, 3.8) is 0 Å². The van der Waals surface area contributed by atoms with E-state index >= 15 is 0 Å². The highest BCUT2D eigenvalue weighted by atomic mass is 32.2. The summed E-state index contributed by atoms with van der Waals surface area (Å²) in [7, 11) is -3.43. The topological polar surface area (TPSA) is 95.5 Å². The van der Waals surface area contributed by atoms with E-state index in [1.165, 1.54) is 0 Å². The Balaban J connectivity index is 4.34. The van der Waals surface area contributed by atoms with E-state index in [2.05, 4.69) is 10.6 Å². The van der Waals surface area contributed by atoms with E-state index in [4.69, 9.17) is 5.11 Å². The molecule has 1 atom stereocenters. The van der Waals surface area contributed by atoms with Crippen molar-refractivity contribution in [1.82, 2.24) is 10.6 Å². The van der Waals surface area contributed by atoms with Gasteiger partial charge in [-0.1, -0.05) is 6.92 Å². The lowest BCUT2D eigenvalue weighted by Crippen LogP contribution is -2.39. The van der Waals surface area contributed by atoms with Crippen LogP contribution in [0.1, 0.15) is 20.3 Å². The Labute approximate surface area is 103 Å². The van der Waals surface area contributed by atoms with E-state index in [0.29, 0.717) is 19.5 Å².